The Morgan fingerprint density at radius 1 is 1.18 bits per heavy atom. The Morgan fingerprint density at radius 3 is 2.59 bits per heavy atom. The molecule has 0 saturated carbocycles. The molecule has 1 N–H and O–H groups in total. The number of nitrogens with zero attached hydrogens (tertiary/aromatic N) is 2. The van der Waals surface area contributed by atoms with Crippen molar-refractivity contribution in [2.45, 2.75) is 0 Å². The number of halogens is 2. The molecule has 0 atom stereocenters. The van der Waals surface area contributed by atoms with E-state index in [1.807, 2.05) is 0 Å². The minimum absolute atomic E-state index is 0.300. The zero-order valence-corrected chi connectivity index (χ0v) is 10.9. The molecule has 0 aliphatic rings. The summed E-state index contributed by atoms with van der Waals surface area (Å²) < 4.78 is 0.708. The van der Waals surface area contributed by atoms with Gasteiger partial charge in [0.15, 0.2) is 0 Å². The van der Waals surface area contributed by atoms with Crippen molar-refractivity contribution in [3.8, 4) is 0 Å². The van der Waals surface area contributed by atoms with Crippen LogP contribution in [0.2, 0.25) is 5.02 Å². The summed E-state index contributed by atoms with van der Waals surface area (Å²) in [5, 5.41) is 3.17. The smallest absolute Gasteiger partial charge is 0.274 e. The highest BCUT2D eigenvalue weighted by Crippen LogP contribution is 2.12. The van der Waals surface area contributed by atoms with Gasteiger partial charge in [0.1, 0.15) is 10.3 Å². The first kappa shape index (κ1) is 12.0. The molecule has 0 aromatic carbocycles. The van der Waals surface area contributed by atoms with E-state index >= 15 is 0 Å². The summed E-state index contributed by atoms with van der Waals surface area (Å²) in [6.45, 7) is 0. The summed E-state index contributed by atoms with van der Waals surface area (Å²) in [4.78, 5) is 19.7. The topological polar surface area (TPSA) is 54.9 Å². The average Bonchev–Trinajstić information content (AvgIpc) is 2.33. The molecule has 17 heavy (non-hydrogen) atoms. The standard InChI is InChI=1S/C11H7BrClN3O/c12-10-4-2-8(6-15-10)16-11(17)9-3-1-7(13)5-14-9/h1-6H,(H,16,17). The molecule has 0 saturated heterocycles. The maximum atomic E-state index is 11.8. The van der Waals surface area contributed by atoms with E-state index in [1.165, 1.54) is 6.20 Å². The van der Waals surface area contributed by atoms with Crippen LogP contribution < -0.4 is 5.32 Å². The van der Waals surface area contributed by atoms with E-state index < -0.39 is 0 Å². The van der Waals surface area contributed by atoms with Crippen molar-refractivity contribution in [3.63, 3.8) is 0 Å². The zero-order valence-electron chi connectivity index (χ0n) is 8.52. The number of hydrogen-bond acceptors (Lipinski definition) is 3. The molecule has 2 aromatic heterocycles. The summed E-state index contributed by atoms with van der Waals surface area (Å²) in [5.74, 6) is -0.300. The lowest BCUT2D eigenvalue weighted by molar-refractivity contribution is 0.102. The van der Waals surface area contributed by atoms with Gasteiger partial charge in [-0.1, -0.05) is 11.6 Å². The van der Waals surface area contributed by atoms with Crippen LogP contribution in [0.25, 0.3) is 0 Å². The Labute approximate surface area is 111 Å². The minimum Gasteiger partial charge on any atom is -0.319 e. The quantitative estimate of drug-likeness (QED) is 0.867. The van der Waals surface area contributed by atoms with Gasteiger partial charge >= 0.3 is 0 Å². The molecule has 4 nitrogen and oxygen atoms in total. The van der Waals surface area contributed by atoms with Crippen LogP contribution >= 0.6 is 27.5 Å². The molecule has 2 aromatic rings. The lowest BCUT2D eigenvalue weighted by Gasteiger charge is -2.03. The van der Waals surface area contributed by atoms with E-state index in [2.05, 4.69) is 31.2 Å². The number of pyridine rings is 2. The van der Waals surface area contributed by atoms with Gasteiger partial charge < -0.3 is 5.32 Å². The predicted molar refractivity (Wildman–Crippen MR) is 69.1 cm³/mol. The highest BCUT2D eigenvalue weighted by atomic mass is 79.9. The fourth-order valence-electron chi connectivity index (χ4n) is 1.16. The predicted octanol–water partition coefficient (Wildman–Crippen LogP) is 3.14. The van der Waals surface area contributed by atoms with Gasteiger partial charge in [0.05, 0.1) is 16.9 Å². The molecule has 0 aliphatic heterocycles. The number of amides is 1. The maximum Gasteiger partial charge on any atom is 0.274 e. The minimum atomic E-state index is -0.300. The third kappa shape index (κ3) is 3.25. The Balaban J connectivity index is 2.11. The fraction of sp³-hybridized carbons (Fsp3) is 0. The first-order valence-electron chi connectivity index (χ1n) is 4.69. The van der Waals surface area contributed by atoms with Crippen LogP contribution in [0.15, 0.2) is 41.3 Å². The van der Waals surface area contributed by atoms with Crippen molar-refractivity contribution in [2.24, 2.45) is 0 Å². The van der Waals surface area contributed by atoms with Gasteiger partial charge in [-0.3, -0.25) is 4.79 Å². The second-order valence-electron chi connectivity index (χ2n) is 3.19. The maximum absolute atomic E-state index is 11.8. The van der Waals surface area contributed by atoms with Crippen molar-refractivity contribution in [3.05, 3.63) is 52.0 Å². The number of carbonyl (C=O) groups is 1. The third-order valence-corrected chi connectivity index (χ3v) is 2.64. The summed E-state index contributed by atoms with van der Waals surface area (Å²) in [7, 11) is 0. The van der Waals surface area contributed by atoms with E-state index in [0.29, 0.717) is 21.0 Å². The van der Waals surface area contributed by atoms with E-state index in [-0.39, 0.29) is 5.91 Å². The van der Waals surface area contributed by atoms with E-state index in [4.69, 9.17) is 11.6 Å². The van der Waals surface area contributed by atoms with E-state index in [1.54, 1.807) is 30.5 Å². The fourth-order valence-corrected chi connectivity index (χ4v) is 1.50. The molecule has 1 amide bonds. The first-order chi connectivity index (χ1) is 8.15. The molecule has 6 heteroatoms. The second kappa shape index (κ2) is 5.25. The van der Waals surface area contributed by atoms with Gasteiger partial charge in [-0.2, -0.15) is 0 Å². The second-order valence-corrected chi connectivity index (χ2v) is 4.43. The number of rotatable bonds is 2. The Morgan fingerprint density at radius 2 is 2.00 bits per heavy atom. The largest absolute Gasteiger partial charge is 0.319 e. The van der Waals surface area contributed by atoms with Crippen molar-refractivity contribution in [1.82, 2.24) is 9.97 Å². The lowest BCUT2D eigenvalue weighted by Crippen LogP contribution is -2.13. The summed E-state index contributed by atoms with van der Waals surface area (Å²) in [6.07, 6.45) is 2.98. The SMILES string of the molecule is O=C(Nc1ccc(Br)nc1)c1ccc(Cl)cn1. The van der Waals surface area contributed by atoms with Crippen molar-refractivity contribution < 1.29 is 4.79 Å². The zero-order chi connectivity index (χ0) is 12.3. The molecule has 86 valence electrons. The summed E-state index contributed by atoms with van der Waals surface area (Å²) in [5.41, 5.74) is 0.910. The average molecular weight is 313 g/mol. The molecule has 0 fully saturated rings. The van der Waals surface area contributed by atoms with E-state index in [9.17, 15) is 4.79 Å². The van der Waals surface area contributed by atoms with Gasteiger partial charge in [-0.05, 0) is 40.2 Å². The molecule has 0 radical (unpaired) electrons. The number of hydrogen-bond donors (Lipinski definition) is 1. The van der Waals surface area contributed by atoms with Crippen molar-refractivity contribution in [2.75, 3.05) is 5.32 Å². The number of aromatic nitrogens is 2. The molecular weight excluding hydrogens is 305 g/mol. The van der Waals surface area contributed by atoms with Gasteiger partial charge in [0.2, 0.25) is 0 Å². The number of nitrogens with one attached hydrogen (secondary N) is 1. The van der Waals surface area contributed by atoms with Gasteiger partial charge in [-0.25, -0.2) is 9.97 Å². The van der Waals surface area contributed by atoms with Crippen LogP contribution in [-0.2, 0) is 0 Å². The van der Waals surface area contributed by atoms with Crippen LogP contribution in [0, 0.1) is 0 Å². The van der Waals surface area contributed by atoms with Crippen LogP contribution in [0.5, 0.6) is 0 Å². The van der Waals surface area contributed by atoms with Crippen molar-refractivity contribution >= 4 is 39.1 Å². The monoisotopic (exact) mass is 311 g/mol. The Hall–Kier alpha value is -1.46. The van der Waals surface area contributed by atoms with Crippen LogP contribution in [0.1, 0.15) is 10.5 Å². The van der Waals surface area contributed by atoms with Gasteiger partial charge in [0, 0.05) is 6.20 Å². The Bertz CT molecular complexity index is 527. The molecule has 0 spiro atoms. The van der Waals surface area contributed by atoms with Crippen molar-refractivity contribution in [1.29, 1.82) is 0 Å². The molecular formula is C11H7BrClN3O. The molecule has 0 aliphatic carbocycles. The highest BCUT2D eigenvalue weighted by Gasteiger charge is 2.07. The van der Waals surface area contributed by atoms with Crippen LogP contribution in [0.4, 0.5) is 5.69 Å². The number of anilines is 1. The third-order valence-electron chi connectivity index (χ3n) is 1.95. The first-order valence-corrected chi connectivity index (χ1v) is 5.87. The molecule has 0 unspecified atom stereocenters. The normalized spacial score (nSPS) is 10.0. The lowest BCUT2D eigenvalue weighted by atomic mass is 10.3. The van der Waals surface area contributed by atoms with Gasteiger partial charge in [-0.15, -0.1) is 0 Å². The molecule has 0 bridgehead atoms. The molecule has 2 heterocycles. The van der Waals surface area contributed by atoms with Crippen LogP contribution in [-0.4, -0.2) is 15.9 Å². The highest BCUT2D eigenvalue weighted by molar-refractivity contribution is 9.10. The van der Waals surface area contributed by atoms with E-state index in [0.717, 1.165) is 0 Å². The van der Waals surface area contributed by atoms with Crippen LogP contribution in [0.3, 0.4) is 0 Å². The summed E-state index contributed by atoms with van der Waals surface area (Å²) in [6, 6.07) is 6.66. The Kier molecular flexibility index (Phi) is 3.71. The molecule has 2 rings (SSSR count). The number of carbonyl (C=O) groups excluding carboxylic acids is 1. The van der Waals surface area contributed by atoms with Gasteiger partial charge in [0.25, 0.3) is 5.91 Å². The summed E-state index contributed by atoms with van der Waals surface area (Å²) >= 11 is 8.90.